The third-order valence-electron chi connectivity index (χ3n) is 3.69. The Bertz CT molecular complexity index is 836. The smallest absolute Gasteiger partial charge is 0.294 e. The molecule has 0 fully saturated rings. The summed E-state index contributed by atoms with van der Waals surface area (Å²) < 4.78 is 5.71. The summed E-state index contributed by atoms with van der Waals surface area (Å²) in [6.45, 7) is 3.69. The average molecular weight is 340 g/mol. The van der Waals surface area contributed by atoms with Crippen molar-refractivity contribution in [3.8, 4) is 17.3 Å². The Morgan fingerprint density at radius 2 is 2.28 bits per heavy atom. The zero-order valence-corrected chi connectivity index (χ0v) is 13.2. The molecule has 0 radical (unpaired) electrons. The summed E-state index contributed by atoms with van der Waals surface area (Å²) >= 11 is 0. The van der Waals surface area contributed by atoms with E-state index in [9.17, 15) is 9.90 Å². The van der Waals surface area contributed by atoms with Gasteiger partial charge < -0.3 is 9.84 Å². The van der Waals surface area contributed by atoms with Gasteiger partial charge in [0.2, 0.25) is 5.88 Å². The predicted molar refractivity (Wildman–Crippen MR) is 88.5 cm³/mol. The predicted octanol–water partition coefficient (Wildman–Crippen LogP) is 2.07. The second-order valence-electron chi connectivity index (χ2n) is 5.31. The Balaban J connectivity index is 2.13. The van der Waals surface area contributed by atoms with Crippen molar-refractivity contribution >= 4 is 11.7 Å². The molecule has 1 aliphatic heterocycles. The normalized spacial score (nSPS) is 16.5. The van der Waals surface area contributed by atoms with Crippen molar-refractivity contribution in [2.45, 2.75) is 18.9 Å². The molecule has 3 N–H and O–H groups in total. The third kappa shape index (κ3) is 3.33. The molecule has 25 heavy (non-hydrogen) atoms. The number of rotatable bonds is 4. The summed E-state index contributed by atoms with van der Waals surface area (Å²) in [7, 11) is 0. The van der Waals surface area contributed by atoms with Gasteiger partial charge in [-0.3, -0.25) is 15.0 Å². The number of nitrogens with one attached hydrogen (secondary N) is 1. The van der Waals surface area contributed by atoms with E-state index in [2.05, 4.69) is 21.5 Å². The molecule has 0 aromatic carbocycles. The van der Waals surface area contributed by atoms with Crippen molar-refractivity contribution in [1.82, 2.24) is 20.4 Å². The molecule has 1 amide bonds. The van der Waals surface area contributed by atoms with Crippen LogP contribution in [0.2, 0.25) is 0 Å². The van der Waals surface area contributed by atoms with Crippen molar-refractivity contribution in [1.29, 1.82) is 0 Å². The molecule has 8 heteroatoms. The molecule has 128 valence electrons. The van der Waals surface area contributed by atoms with Crippen LogP contribution in [0.3, 0.4) is 0 Å². The Labute approximate surface area is 143 Å². The van der Waals surface area contributed by atoms with Gasteiger partial charge in [0.05, 0.1) is 0 Å². The first kappa shape index (κ1) is 16.6. The topological polar surface area (TPSA) is 117 Å². The SMILES string of the molecule is C=CC1CCC=C(c2c(O)nc(-c3cccnc3)nc2C(=O)NO)O1. The lowest BCUT2D eigenvalue weighted by molar-refractivity contribution is 0.0698. The number of hydroxylamine groups is 1. The van der Waals surface area contributed by atoms with E-state index in [1.807, 2.05) is 0 Å². The van der Waals surface area contributed by atoms with Crippen LogP contribution in [0.5, 0.6) is 5.88 Å². The van der Waals surface area contributed by atoms with Crippen molar-refractivity contribution in [3.63, 3.8) is 0 Å². The van der Waals surface area contributed by atoms with E-state index in [1.165, 1.54) is 11.7 Å². The van der Waals surface area contributed by atoms with Crippen molar-refractivity contribution in [2.75, 3.05) is 0 Å². The number of carbonyl (C=O) groups excluding carboxylic acids is 1. The number of aromatic hydroxyl groups is 1. The fourth-order valence-corrected chi connectivity index (χ4v) is 2.49. The Morgan fingerprint density at radius 1 is 1.44 bits per heavy atom. The third-order valence-corrected chi connectivity index (χ3v) is 3.69. The summed E-state index contributed by atoms with van der Waals surface area (Å²) in [5, 5.41) is 19.4. The number of amides is 1. The maximum absolute atomic E-state index is 12.1. The van der Waals surface area contributed by atoms with Crippen LogP contribution < -0.4 is 5.48 Å². The number of nitrogens with zero attached hydrogens (tertiary/aromatic N) is 3. The first-order valence-corrected chi connectivity index (χ1v) is 7.59. The van der Waals surface area contributed by atoms with E-state index in [0.717, 1.165) is 6.42 Å². The molecule has 1 aliphatic rings. The van der Waals surface area contributed by atoms with Crippen LogP contribution in [0, 0.1) is 0 Å². The van der Waals surface area contributed by atoms with E-state index in [1.54, 1.807) is 30.5 Å². The van der Waals surface area contributed by atoms with Crippen molar-refractivity contribution < 1.29 is 19.8 Å². The minimum atomic E-state index is -0.886. The second-order valence-corrected chi connectivity index (χ2v) is 5.31. The molecule has 3 rings (SSSR count). The molecule has 0 saturated heterocycles. The lowest BCUT2D eigenvalue weighted by Gasteiger charge is -2.23. The highest BCUT2D eigenvalue weighted by atomic mass is 16.5. The molecule has 0 saturated carbocycles. The summed E-state index contributed by atoms with van der Waals surface area (Å²) in [4.78, 5) is 24.3. The second kappa shape index (κ2) is 7.10. The summed E-state index contributed by atoms with van der Waals surface area (Å²) in [5.74, 6) is -0.943. The Hall–Kier alpha value is -3.26. The minimum absolute atomic E-state index is 0.0192. The summed E-state index contributed by atoms with van der Waals surface area (Å²) in [6, 6.07) is 3.36. The quantitative estimate of drug-likeness (QED) is 0.443. The molecule has 1 atom stereocenters. The van der Waals surface area contributed by atoms with Gasteiger partial charge in [0.25, 0.3) is 5.91 Å². The number of allylic oxidation sites excluding steroid dienone is 1. The van der Waals surface area contributed by atoms with Crippen LogP contribution in [0.1, 0.15) is 28.9 Å². The fraction of sp³-hybridized carbons (Fsp3) is 0.176. The largest absolute Gasteiger partial charge is 0.493 e. The average Bonchev–Trinajstić information content (AvgIpc) is 2.67. The van der Waals surface area contributed by atoms with Gasteiger partial charge in [-0.1, -0.05) is 12.7 Å². The molecule has 0 bridgehead atoms. The van der Waals surface area contributed by atoms with Crippen LogP contribution in [0.15, 0.2) is 43.3 Å². The van der Waals surface area contributed by atoms with Crippen LogP contribution in [-0.2, 0) is 4.74 Å². The van der Waals surface area contributed by atoms with Crippen LogP contribution in [0.25, 0.3) is 17.1 Å². The van der Waals surface area contributed by atoms with E-state index in [-0.39, 0.29) is 28.9 Å². The molecule has 2 aromatic heterocycles. The van der Waals surface area contributed by atoms with E-state index >= 15 is 0 Å². The van der Waals surface area contributed by atoms with Gasteiger partial charge >= 0.3 is 0 Å². The van der Waals surface area contributed by atoms with E-state index in [0.29, 0.717) is 12.0 Å². The number of hydrogen-bond donors (Lipinski definition) is 3. The zero-order chi connectivity index (χ0) is 17.8. The first-order valence-electron chi connectivity index (χ1n) is 7.59. The highest BCUT2D eigenvalue weighted by Crippen LogP contribution is 2.33. The van der Waals surface area contributed by atoms with Crippen molar-refractivity contribution in [3.05, 3.63) is 54.5 Å². The number of ether oxygens (including phenoxy) is 1. The molecular weight excluding hydrogens is 324 g/mol. The van der Waals surface area contributed by atoms with E-state index < -0.39 is 11.8 Å². The van der Waals surface area contributed by atoms with Gasteiger partial charge in [0.15, 0.2) is 5.82 Å². The Morgan fingerprint density at radius 3 is 2.96 bits per heavy atom. The summed E-state index contributed by atoms with van der Waals surface area (Å²) in [6.07, 6.45) is 7.62. The molecule has 3 heterocycles. The van der Waals surface area contributed by atoms with Gasteiger partial charge in [-0.25, -0.2) is 10.5 Å². The zero-order valence-electron chi connectivity index (χ0n) is 13.2. The molecule has 1 unspecified atom stereocenters. The van der Waals surface area contributed by atoms with Crippen LogP contribution >= 0.6 is 0 Å². The monoisotopic (exact) mass is 340 g/mol. The van der Waals surface area contributed by atoms with Gasteiger partial charge in [-0.05, 0) is 31.1 Å². The lowest BCUT2D eigenvalue weighted by atomic mass is 10.1. The fourth-order valence-electron chi connectivity index (χ4n) is 2.49. The molecule has 2 aromatic rings. The van der Waals surface area contributed by atoms with Gasteiger partial charge in [-0.15, -0.1) is 0 Å². The highest BCUT2D eigenvalue weighted by Gasteiger charge is 2.27. The molecule has 8 nitrogen and oxygen atoms in total. The highest BCUT2D eigenvalue weighted by molar-refractivity contribution is 5.97. The number of pyridine rings is 1. The Kier molecular flexibility index (Phi) is 4.71. The lowest BCUT2D eigenvalue weighted by Crippen LogP contribution is -2.24. The number of carbonyl (C=O) groups is 1. The molecule has 0 aliphatic carbocycles. The standard InChI is InChI=1S/C17H16N4O4/c1-2-11-6-3-7-12(25-11)13-14(17(23)21-24)19-15(20-16(13)22)10-5-4-8-18-9-10/h2,4-5,7-9,11,24H,1,3,6H2,(H,21,23)(H,19,20,22). The molecule has 0 spiro atoms. The summed E-state index contributed by atoms with van der Waals surface area (Å²) in [5.41, 5.74) is 1.86. The number of hydrogen-bond acceptors (Lipinski definition) is 7. The van der Waals surface area contributed by atoms with Gasteiger partial charge in [0, 0.05) is 18.0 Å². The van der Waals surface area contributed by atoms with Crippen LogP contribution in [-0.4, -0.2) is 37.3 Å². The van der Waals surface area contributed by atoms with Gasteiger partial charge in [0.1, 0.15) is 23.1 Å². The van der Waals surface area contributed by atoms with Crippen LogP contribution in [0.4, 0.5) is 0 Å². The van der Waals surface area contributed by atoms with Gasteiger partial charge in [-0.2, -0.15) is 4.98 Å². The van der Waals surface area contributed by atoms with E-state index in [4.69, 9.17) is 9.94 Å². The first-order chi connectivity index (χ1) is 12.1. The van der Waals surface area contributed by atoms with Crippen molar-refractivity contribution in [2.24, 2.45) is 0 Å². The maximum Gasteiger partial charge on any atom is 0.294 e. The molecular formula is C17H16N4O4. The number of aromatic nitrogens is 3. The minimum Gasteiger partial charge on any atom is -0.493 e. The maximum atomic E-state index is 12.1.